The van der Waals surface area contributed by atoms with Crippen LogP contribution in [-0.2, 0) is 0 Å². The van der Waals surface area contributed by atoms with Crippen LogP contribution in [0.2, 0.25) is 0 Å². The van der Waals surface area contributed by atoms with E-state index in [-0.39, 0.29) is 5.54 Å². The molecule has 0 aliphatic rings. The summed E-state index contributed by atoms with van der Waals surface area (Å²) < 4.78 is 0. The summed E-state index contributed by atoms with van der Waals surface area (Å²) in [5.74, 6) is 1.09. The van der Waals surface area contributed by atoms with E-state index < -0.39 is 0 Å². The van der Waals surface area contributed by atoms with Gasteiger partial charge in [0.1, 0.15) is 5.54 Å². The maximum Gasteiger partial charge on any atom is 0.103 e. The number of hydrogen-bond acceptors (Lipinski definition) is 4. The smallest absolute Gasteiger partial charge is 0.103 e. The molecule has 1 aromatic heterocycles. The van der Waals surface area contributed by atoms with Crippen molar-refractivity contribution in [3.8, 4) is 6.07 Å². The van der Waals surface area contributed by atoms with Crippen LogP contribution >= 0.6 is 11.8 Å². The largest absolute Gasteiger partial charge is 0.300 e. The fourth-order valence-electron chi connectivity index (χ4n) is 1.78. The second-order valence-corrected chi connectivity index (χ2v) is 5.63. The topological polar surface area (TPSA) is 48.7 Å². The maximum atomic E-state index is 9.13. The van der Waals surface area contributed by atoms with Crippen molar-refractivity contribution in [2.24, 2.45) is 0 Å². The van der Waals surface area contributed by atoms with Crippen molar-refractivity contribution >= 4 is 11.8 Å². The Balaban J connectivity index is 2.17. The number of nitrogens with one attached hydrogen (secondary N) is 1. The van der Waals surface area contributed by atoms with Crippen LogP contribution in [-0.4, -0.2) is 22.8 Å². The highest BCUT2D eigenvalue weighted by Crippen LogP contribution is 2.20. The molecule has 1 atom stereocenters. The molecule has 18 heavy (non-hydrogen) atoms. The van der Waals surface area contributed by atoms with Crippen molar-refractivity contribution in [3.63, 3.8) is 0 Å². The van der Waals surface area contributed by atoms with Crippen LogP contribution in [0.5, 0.6) is 0 Å². The molecule has 0 fully saturated rings. The average molecular weight is 263 g/mol. The van der Waals surface area contributed by atoms with Gasteiger partial charge in [0.25, 0.3) is 0 Å². The quantitative estimate of drug-likeness (QED) is 0.578. The second kappa shape index (κ2) is 8.12. The lowest BCUT2D eigenvalue weighted by atomic mass is 9.97. The third-order valence-electron chi connectivity index (χ3n) is 2.80. The van der Waals surface area contributed by atoms with Gasteiger partial charge in [-0.25, -0.2) is 0 Å². The number of hydrogen-bond donors (Lipinski definition) is 1. The zero-order valence-electron chi connectivity index (χ0n) is 11.1. The van der Waals surface area contributed by atoms with E-state index in [0.29, 0.717) is 0 Å². The van der Waals surface area contributed by atoms with E-state index in [0.717, 1.165) is 31.6 Å². The molecule has 0 spiro atoms. The highest BCUT2D eigenvalue weighted by Gasteiger charge is 2.20. The molecule has 0 amide bonds. The molecule has 0 aromatic carbocycles. The molecule has 0 aliphatic carbocycles. The first-order chi connectivity index (χ1) is 8.70. The first kappa shape index (κ1) is 15.0. The van der Waals surface area contributed by atoms with Crippen LogP contribution in [0.4, 0.5) is 0 Å². The summed E-state index contributed by atoms with van der Waals surface area (Å²) in [4.78, 5) is 5.26. The molecule has 0 saturated carbocycles. The molecule has 0 saturated heterocycles. The lowest BCUT2D eigenvalue weighted by Gasteiger charge is -2.22. The third kappa shape index (κ3) is 5.52. The van der Waals surface area contributed by atoms with E-state index in [2.05, 4.69) is 16.4 Å². The maximum absolute atomic E-state index is 9.13. The van der Waals surface area contributed by atoms with Crippen molar-refractivity contribution in [2.45, 2.75) is 43.5 Å². The van der Waals surface area contributed by atoms with E-state index in [1.165, 1.54) is 4.90 Å². The van der Waals surface area contributed by atoms with Crippen LogP contribution in [0, 0.1) is 11.3 Å². The Hall–Kier alpha value is -1.05. The van der Waals surface area contributed by atoms with E-state index in [1.807, 2.05) is 50.1 Å². The minimum atomic E-state index is -0.365. The predicted octanol–water partition coefficient (Wildman–Crippen LogP) is 3.24. The fourth-order valence-corrected chi connectivity index (χ4v) is 2.68. The number of nitriles is 1. The van der Waals surface area contributed by atoms with Crippen LogP contribution in [0.3, 0.4) is 0 Å². The van der Waals surface area contributed by atoms with Crippen LogP contribution in [0.15, 0.2) is 29.4 Å². The SMILES string of the molecule is CCNC(C)(C#N)CCCCSc1ccncc1. The van der Waals surface area contributed by atoms with E-state index in [1.54, 1.807) is 0 Å². The Morgan fingerprint density at radius 1 is 1.39 bits per heavy atom. The Labute approximate surface area is 114 Å². The van der Waals surface area contributed by atoms with Crippen molar-refractivity contribution in [1.82, 2.24) is 10.3 Å². The van der Waals surface area contributed by atoms with Gasteiger partial charge in [0.05, 0.1) is 6.07 Å². The van der Waals surface area contributed by atoms with Crippen molar-refractivity contribution in [1.29, 1.82) is 5.26 Å². The van der Waals surface area contributed by atoms with Gasteiger partial charge < -0.3 is 0 Å². The summed E-state index contributed by atoms with van der Waals surface area (Å²) in [6.45, 7) is 4.86. The number of rotatable bonds is 8. The Kier molecular flexibility index (Phi) is 6.77. The van der Waals surface area contributed by atoms with Gasteiger partial charge in [-0.3, -0.25) is 10.3 Å². The summed E-state index contributed by atoms with van der Waals surface area (Å²) in [5, 5.41) is 12.4. The number of thioether (sulfide) groups is 1. The van der Waals surface area contributed by atoms with Crippen molar-refractivity contribution < 1.29 is 0 Å². The van der Waals surface area contributed by atoms with Gasteiger partial charge in [-0.05, 0) is 50.6 Å². The minimum Gasteiger partial charge on any atom is -0.300 e. The standard InChI is InChI=1S/C14H21N3S/c1-3-17-14(2,12-15)8-4-5-11-18-13-6-9-16-10-7-13/h6-7,9-10,17H,3-5,8,11H2,1-2H3. The van der Waals surface area contributed by atoms with E-state index >= 15 is 0 Å². The molecule has 98 valence electrons. The summed E-state index contributed by atoms with van der Waals surface area (Å²) in [7, 11) is 0. The molecule has 0 bridgehead atoms. The molecule has 1 aromatic rings. The molecular weight excluding hydrogens is 242 g/mol. The summed E-state index contributed by atoms with van der Waals surface area (Å²) >= 11 is 1.85. The Morgan fingerprint density at radius 2 is 2.11 bits per heavy atom. The summed E-state index contributed by atoms with van der Waals surface area (Å²) in [6, 6.07) is 6.42. The minimum absolute atomic E-state index is 0.365. The van der Waals surface area contributed by atoms with Crippen LogP contribution in [0.1, 0.15) is 33.1 Å². The molecule has 1 heterocycles. The van der Waals surface area contributed by atoms with Gasteiger partial charge in [0, 0.05) is 17.3 Å². The first-order valence-electron chi connectivity index (χ1n) is 6.39. The van der Waals surface area contributed by atoms with Gasteiger partial charge in [-0.2, -0.15) is 5.26 Å². The first-order valence-corrected chi connectivity index (χ1v) is 7.38. The molecule has 1 unspecified atom stereocenters. The molecule has 3 nitrogen and oxygen atoms in total. The molecule has 1 N–H and O–H groups in total. The summed E-state index contributed by atoms with van der Waals surface area (Å²) in [6.07, 6.45) is 6.76. The highest BCUT2D eigenvalue weighted by atomic mass is 32.2. The van der Waals surface area contributed by atoms with Gasteiger partial charge in [-0.15, -0.1) is 11.8 Å². The lowest BCUT2D eigenvalue weighted by Crippen LogP contribution is -2.40. The lowest BCUT2D eigenvalue weighted by molar-refractivity contribution is 0.415. The number of pyridine rings is 1. The van der Waals surface area contributed by atoms with Crippen molar-refractivity contribution in [2.75, 3.05) is 12.3 Å². The molecule has 0 aliphatic heterocycles. The molecule has 0 radical (unpaired) electrons. The number of aromatic nitrogens is 1. The average Bonchev–Trinajstić information content (AvgIpc) is 2.40. The Morgan fingerprint density at radius 3 is 2.72 bits per heavy atom. The number of unbranched alkanes of at least 4 members (excludes halogenated alkanes) is 1. The predicted molar refractivity (Wildman–Crippen MR) is 76.5 cm³/mol. The monoisotopic (exact) mass is 263 g/mol. The van der Waals surface area contributed by atoms with Gasteiger partial charge in [0.2, 0.25) is 0 Å². The normalized spacial score (nSPS) is 13.8. The van der Waals surface area contributed by atoms with Crippen LogP contribution in [0.25, 0.3) is 0 Å². The fraction of sp³-hybridized carbons (Fsp3) is 0.571. The number of nitrogens with zero attached hydrogens (tertiary/aromatic N) is 2. The van der Waals surface area contributed by atoms with Crippen LogP contribution < -0.4 is 5.32 Å². The van der Waals surface area contributed by atoms with Crippen molar-refractivity contribution in [3.05, 3.63) is 24.5 Å². The third-order valence-corrected chi connectivity index (χ3v) is 3.90. The zero-order valence-corrected chi connectivity index (χ0v) is 12.0. The summed E-state index contributed by atoms with van der Waals surface area (Å²) in [5.41, 5.74) is -0.365. The molecular formula is C14H21N3S. The Bertz CT molecular complexity index is 374. The molecule has 1 rings (SSSR count). The van der Waals surface area contributed by atoms with E-state index in [9.17, 15) is 0 Å². The highest BCUT2D eigenvalue weighted by molar-refractivity contribution is 7.99. The van der Waals surface area contributed by atoms with E-state index in [4.69, 9.17) is 5.26 Å². The van der Waals surface area contributed by atoms with Gasteiger partial charge >= 0.3 is 0 Å². The van der Waals surface area contributed by atoms with Gasteiger partial charge in [-0.1, -0.05) is 6.92 Å². The second-order valence-electron chi connectivity index (χ2n) is 4.46. The molecule has 4 heteroatoms. The zero-order chi connectivity index (χ0) is 13.3. The van der Waals surface area contributed by atoms with Gasteiger partial charge in [0.15, 0.2) is 0 Å².